The number of aromatic nitrogens is 4. The van der Waals surface area contributed by atoms with Crippen LogP contribution in [0, 0.1) is 0 Å². The highest BCUT2D eigenvalue weighted by molar-refractivity contribution is 7.07. The summed E-state index contributed by atoms with van der Waals surface area (Å²) in [6.45, 7) is -0.224. The van der Waals surface area contributed by atoms with Crippen LogP contribution in [0.25, 0.3) is 11.4 Å². The molecule has 0 unspecified atom stereocenters. The number of thiazole rings is 1. The summed E-state index contributed by atoms with van der Waals surface area (Å²) in [5.41, 5.74) is 3.11. The molecule has 2 aromatic heterocycles. The highest BCUT2D eigenvalue weighted by atomic mass is 35.5. The third kappa shape index (κ3) is 5.23. The first-order valence-corrected chi connectivity index (χ1v) is 9.10. The number of aliphatic hydroxyl groups is 1. The lowest BCUT2D eigenvalue weighted by Gasteiger charge is -2.04. The number of anilines is 1. The van der Waals surface area contributed by atoms with E-state index in [2.05, 4.69) is 30.8 Å². The molecule has 0 saturated heterocycles. The van der Waals surface area contributed by atoms with E-state index < -0.39 is 0 Å². The number of nitrogens with zero attached hydrogens (tertiary/aromatic N) is 3. The first-order chi connectivity index (χ1) is 13.2. The average molecular weight is 403 g/mol. The third-order valence-electron chi connectivity index (χ3n) is 3.30. The Bertz CT molecular complexity index is 967. The normalized spacial score (nSPS) is 11.7. The van der Waals surface area contributed by atoms with Gasteiger partial charge in [-0.3, -0.25) is 4.79 Å². The number of aromatic amines is 1. The number of carbonyl (C=O) groups is 1. The zero-order valence-electron chi connectivity index (χ0n) is 13.9. The maximum absolute atomic E-state index is 12.0. The van der Waals surface area contributed by atoms with Crippen LogP contribution in [0.5, 0.6) is 0 Å². The Morgan fingerprint density at radius 3 is 3.00 bits per heavy atom. The number of allylic oxidation sites excluding steroid dienone is 1. The van der Waals surface area contributed by atoms with E-state index in [9.17, 15) is 4.79 Å². The Morgan fingerprint density at radius 1 is 1.37 bits per heavy atom. The van der Waals surface area contributed by atoms with Crippen molar-refractivity contribution >= 4 is 34.8 Å². The first kappa shape index (κ1) is 18.8. The van der Waals surface area contributed by atoms with Crippen LogP contribution in [0.2, 0.25) is 5.02 Å². The molecule has 3 aromatic rings. The predicted molar refractivity (Wildman–Crippen MR) is 104 cm³/mol. The number of rotatable bonds is 7. The van der Waals surface area contributed by atoms with E-state index in [4.69, 9.17) is 16.7 Å². The molecule has 0 bridgehead atoms. The van der Waals surface area contributed by atoms with E-state index >= 15 is 0 Å². The third-order valence-corrected chi connectivity index (χ3v) is 4.12. The van der Waals surface area contributed by atoms with Crippen LogP contribution in [0.4, 0.5) is 5.95 Å². The summed E-state index contributed by atoms with van der Waals surface area (Å²) in [5, 5.41) is 25.0. The second-order valence-electron chi connectivity index (χ2n) is 5.18. The number of nitrogens with one attached hydrogen (secondary N) is 3. The van der Waals surface area contributed by atoms with Gasteiger partial charge in [-0.05, 0) is 24.3 Å². The smallest absolute Gasteiger partial charge is 0.275 e. The Hall–Kier alpha value is -3.01. The zero-order valence-corrected chi connectivity index (χ0v) is 15.5. The molecule has 1 amide bonds. The fourth-order valence-corrected chi connectivity index (χ4v) is 2.80. The van der Waals surface area contributed by atoms with E-state index in [0.717, 1.165) is 5.56 Å². The Labute approximate surface area is 163 Å². The van der Waals surface area contributed by atoms with E-state index in [0.29, 0.717) is 28.2 Å². The Kier molecular flexibility index (Phi) is 6.31. The molecule has 0 radical (unpaired) electrons. The minimum Gasteiger partial charge on any atom is -0.392 e. The van der Waals surface area contributed by atoms with Crippen LogP contribution >= 0.6 is 22.9 Å². The van der Waals surface area contributed by atoms with Crippen LogP contribution in [-0.2, 0) is 0 Å². The van der Waals surface area contributed by atoms with E-state index in [1.54, 1.807) is 35.3 Å². The fourth-order valence-electron chi connectivity index (χ4n) is 2.08. The van der Waals surface area contributed by atoms with Gasteiger partial charge < -0.3 is 20.7 Å². The van der Waals surface area contributed by atoms with Crippen LogP contribution in [0.1, 0.15) is 10.5 Å². The zero-order chi connectivity index (χ0) is 19.1. The summed E-state index contributed by atoms with van der Waals surface area (Å²) >= 11 is 7.30. The van der Waals surface area contributed by atoms with Crippen molar-refractivity contribution in [3.8, 4) is 11.4 Å². The van der Waals surface area contributed by atoms with Gasteiger partial charge in [-0.25, -0.2) is 4.98 Å². The van der Waals surface area contributed by atoms with E-state index in [-0.39, 0.29) is 12.5 Å². The molecule has 0 saturated carbocycles. The molecule has 27 heavy (non-hydrogen) atoms. The van der Waals surface area contributed by atoms with Gasteiger partial charge in [0.1, 0.15) is 5.69 Å². The van der Waals surface area contributed by atoms with Gasteiger partial charge in [-0.2, -0.15) is 0 Å². The van der Waals surface area contributed by atoms with Gasteiger partial charge in [0.15, 0.2) is 5.82 Å². The Balaban J connectivity index is 1.63. The molecule has 138 valence electrons. The summed E-state index contributed by atoms with van der Waals surface area (Å²) < 4.78 is 0. The summed E-state index contributed by atoms with van der Waals surface area (Å²) in [7, 11) is 0. The van der Waals surface area contributed by atoms with Crippen molar-refractivity contribution in [1.29, 1.82) is 0 Å². The van der Waals surface area contributed by atoms with Gasteiger partial charge in [-0.1, -0.05) is 23.7 Å². The molecule has 0 atom stereocenters. The molecular weight excluding hydrogens is 388 g/mol. The molecule has 8 nitrogen and oxygen atoms in total. The van der Waals surface area contributed by atoms with Crippen molar-refractivity contribution in [2.24, 2.45) is 0 Å². The van der Waals surface area contributed by atoms with E-state index in [1.165, 1.54) is 17.4 Å². The summed E-state index contributed by atoms with van der Waals surface area (Å²) in [5.74, 6) is 0.621. The molecule has 0 aliphatic heterocycles. The SMILES string of the molecule is O=C(NC(/C=C\Nc1nnc(-c2cccc(Cl)c2)[nH]1)=C/CO)c1cscn1. The van der Waals surface area contributed by atoms with Crippen molar-refractivity contribution < 1.29 is 9.90 Å². The second-order valence-corrected chi connectivity index (χ2v) is 6.34. The second kappa shape index (κ2) is 9.08. The van der Waals surface area contributed by atoms with Crippen molar-refractivity contribution in [3.63, 3.8) is 0 Å². The van der Waals surface area contributed by atoms with Crippen LogP contribution < -0.4 is 10.6 Å². The lowest BCUT2D eigenvalue weighted by atomic mass is 10.2. The highest BCUT2D eigenvalue weighted by Gasteiger charge is 2.08. The molecule has 0 spiro atoms. The lowest BCUT2D eigenvalue weighted by molar-refractivity contribution is 0.0962. The van der Waals surface area contributed by atoms with Crippen molar-refractivity contribution in [3.05, 3.63) is 69.9 Å². The lowest BCUT2D eigenvalue weighted by Crippen LogP contribution is -2.22. The van der Waals surface area contributed by atoms with Crippen LogP contribution in [0.15, 0.2) is 59.2 Å². The van der Waals surface area contributed by atoms with Gasteiger partial charge in [-0.15, -0.1) is 21.5 Å². The number of benzene rings is 1. The van der Waals surface area contributed by atoms with Crippen molar-refractivity contribution in [2.45, 2.75) is 0 Å². The summed E-state index contributed by atoms with van der Waals surface area (Å²) in [6, 6.07) is 7.24. The number of amides is 1. The minimum atomic E-state index is -0.358. The summed E-state index contributed by atoms with van der Waals surface area (Å²) in [6.07, 6.45) is 4.60. The van der Waals surface area contributed by atoms with Gasteiger partial charge >= 0.3 is 0 Å². The molecule has 0 aliphatic rings. The largest absolute Gasteiger partial charge is 0.392 e. The maximum Gasteiger partial charge on any atom is 0.275 e. The molecule has 4 N–H and O–H groups in total. The number of carbonyl (C=O) groups excluding carboxylic acids is 1. The monoisotopic (exact) mass is 402 g/mol. The number of H-pyrrole nitrogens is 1. The van der Waals surface area contributed by atoms with E-state index in [1.807, 2.05) is 12.1 Å². The molecule has 10 heteroatoms. The van der Waals surface area contributed by atoms with Crippen LogP contribution in [0.3, 0.4) is 0 Å². The number of halogens is 1. The van der Waals surface area contributed by atoms with Gasteiger partial charge in [0.2, 0.25) is 5.95 Å². The molecular formula is C17H15ClN6O2S. The maximum atomic E-state index is 12.0. The quantitative estimate of drug-likeness (QED) is 0.451. The molecule has 1 aromatic carbocycles. The molecule has 2 heterocycles. The average Bonchev–Trinajstić information content (AvgIpc) is 3.34. The number of hydrogen-bond acceptors (Lipinski definition) is 7. The van der Waals surface area contributed by atoms with Crippen molar-refractivity contribution in [2.75, 3.05) is 11.9 Å². The first-order valence-electron chi connectivity index (χ1n) is 7.78. The van der Waals surface area contributed by atoms with Gasteiger partial charge in [0.25, 0.3) is 5.91 Å². The van der Waals surface area contributed by atoms with Gasteiger partial charge in [0, 0.05) is 27.9 Å². The summed E-state index contributed by atoms with van der Waals surface area (Å²) in [4.78, 5) is 19.0. The predicted octanol–water partition coefficient (Wildman–Crippen LogP) is 2.81. The Morgan fingerprint density at radius 2 is 2.26 bits per heavy atom. The van der Waals surface area contributed by atoms with Gasteiger partial charge in [0.05, 0.1) is 12.1 Å². The van der Waals surface area contributed by atoms with Crippen molar-refractivity contribution in [1.82, 2.24) is 25.5 Å². The topological polar surface area (TPSA) is 116 Å². The molecule has 0 fully saturated rings. The minimum absolute atomic E-state index is 0.224. The number of aliphatic hydroxyl groups excluding tert-OH is 1. The fraction of sp³-hybridized carbons (Fsp3) is 0.0588. The number of hydrogen-bond donors (Lipinski definition) is 4. The highest BCUT2D eigenvalue weighted by Crippen LogP contribution is 2.19. The molecule has 0 aliphatic carbocycles. The standard InChI is InChI=1S/C17H15ClN6O2S/c18-12-3-1-2-11(8-12)15-22-17(24-23-15)19-6-4-13(5-7-25)21-16(26)14-9-27-10-20-14/h1-6,8-10,25H,7H2,(H,21,26)(H2,19,22,23,24)/b6-4-,13-5+. The van der Waals surface area contributed by atoms with Crippen LogP contribution in [-0.4, -0.2) is 37.8 Å². The molecule has 3 rings (SSSR count).